The largest absolute Gasteiger partial charge is 0.483 e. The number of anilines is 1. The molecule has 0 aliphatic heterocycles. The van der Waals surface area contributed by atoms with Crippen LogP contribution in [-0.2, 0) is 4.79 Å². The standard InChI is InChI=1S/C19H18ClN3O3/c1-13-11-14(7-8-16(13)20)23(10-4-9-21)18(24)12-26-17-6-3-2-5-15(17)19(22)25/h2-3,5-8,11H,4,10,12H2,1H3,(H2,22,25). The summed E-state index contributed by atoms with van der Waals surface area (Å²) in [5, 5.41) is 9.45. The van der Waals surface area contributed by atoms with Crippen LogP contribution < -0.4 is 15.4 Å². The van der Waals surface area contributed by atoms with Gasteiger partial charge in [-0.3, -0.25) is 9.59 Å². The van der Waals surface area contributed by atoms with Gasteiger partial charge in [0.25, 0.3) is 11.8 Å². The molecule has 0 radical (unpaired) electrons. The minimum Gasteiger partial charge on any atom is -0.483 e. The highest BCUT2D eigenvalue weighted by atomic mass is 35.5. The van der Waals surface area contributed by atoms with E-state index in [0.717, 1.165) is 5.56 Å². The molecule has 134 valence electrons. The van der Waals surface area contributed by atoms with Crippen molar-refractivity contribution >= 4 is 29.1 Å². The molecule has 0 fully saturated rings. The first-order valence-corrected chi connectivity index (χ1v) is 8.27. The zero-order valence-corrected chi connectivity index (χ0v) is 15.0. The fraction of sp³-hybridized carbons (Fsp3) is 0.211. The number of para-hydroxylation sites is 1. The Kier molecular flexibility index (Phi) is 6.59. The van der Waals surface area contributed by atoms with Crippen LogP contribution in [0.5, 0.6) is 5.75 Å². The van der Waals surface area contributed by atoms with Crippen molar-refractivity contribution in [2.75, 3.05) is 18.1 Å². The Hall–Kier alpha value is -3.04. The number of carbonyl (C=O) groups excluding carboxylic acids is 2. The Balaban J connectivity index is 2.18. The number of amides is 2. The summed E-state index contributed by atoms with van der Waals surface area (Å²) in [4.78, 5) is 25.5. The minimum atomic E-state index is -0.636. The highest BCUT2D eigenvalue weighted by Gasteiger charge is 2.18. The van der Waals surface area contributed by atoms with Crippen LogP contribution in [0.4, 0.5) is 5.69 Å². The van der Waals surface area contributed by atoms with E-state index in [1.54, 1.807) is 36.4 Å². The lowest BCUT2D eigenvalue weighted by molar-refractivity contribution is -0.120. The van der Waals surface area contributed by atoms with Crippen LogP contribution in [-0.4, -0.2) is 25.0 Å². The minimum absolute atomic E-state index is 0.172. The van der Waals surface area contributed by atoms with Gasteiger partial charge in [-0.1, -0.05) is 23.7 Å². The molecule has 0 bridgehead atoms. The quantitative estimate of drug-likeness (QED) is 0.808. The number of rotatable bonds is 7. The van der Waals surface area contributed by atoms with Crippen molar-refractivity contribution in [3.05, 3.63) is 58.6 Å². The molecular formula is C19H18ClN3O3. The smallest absolute Gasteiger partial charge is 0.264 e. The molecule has 2 aromatic carbocycles. The number of nitrogens with two attached hydrogens (primary N) is 1. The molecule has 2 aromatic rings. The first-order chi connectivity index (χ1) is 12.4. The lowest BCUT2D eigenvalue weighted by Gasteiger charge is -2.23. The Labute approximate surface area is 156 Å². The molecule has 2 N–H and O–H groups in total. The van der Waals surface area contributed by atoms with E-state index in [4.69, 9.17) is 27.3 Å². The summed E-state index contributed by atoms with van der Waals surface area (Å²) in [5.74, 6) is -0.746. The van der Waals surface area contributed by atoms with Gasteiger partial charge in [-0.05, 0) is 42.8 Å². The van der Waals surface area contributed by atoms with Gasteiger partial charge in [0.15, 0.2) is 6.61 Å². The van der Waals surface area contributed by atoms with E-state index in [1.165, 1.54) is 11.0 Å². The zero-order chi connectivity index (χ0) is 19.1. The van der Waals surface area contributed by atoms with Gasteiger partial charge in [0.2, 0.25) is 0 Å². The van der Waals surface area contributed by atoms with E-state index in [1.807, 2.05) is 13.0 Å². The van der Waals surface area contributed by atoms with E-state index >= 15 is 0 Å². The highest BCUT2D eigenvalue weighted by Crippen LogP contribution is 2.23. The van der Waals surface area contributed by atoms with E-state index in [2.05, 4.69) is 0 Å². The van der Waals surface area contributed by atoms with Gasteiger partial charge < -0.3 is 15.4 Å². The van der Waals surface area contributed by atoms with Crippen molar-refractivity contribution in [1.29, 1.82) is 5.26 Å². The number of hydrogen-bond donors (Lipinski definition) is 1. The number of primary amides is 1. The van der Waals surface area contributed by atoms with E-state index in [-0.39, 0.29) is 36.8 Å². The van der Waals surface area contributed by atoms with Gasteiger partial charge in [0.05, 0.1) is 18.1 Å². The van der Waals surface area contributed by atoms with Gasteiger partial charge in [-0.15, -0.1) is 0 Å². The topological polar surface area (TPSA) is 96.4 Å². The first-order valence-electron chi connectivity index (χ1n) is 7.89. The average molecular weight is 372 g/mol. The lowest BCUT2D eigenvalue weighted by atomic mass is 10.2. The molecular weight excluding hydrogens is 354 g/mol. The number of carbonyl (C=O) groups is 2. The molecule has 0 saturated carbocycles. The van der Waals surface area contributed by atoms with Gasteiger partial charge in [0.1, 0.15) is 5.75 Å². The van der Waals surface area contributed by atoms with Gasteiger partial charge in [0, 0.05) is 17.3 Å². The summed E-state index contributed by atoms with van der Waals surface area (Å²) in [7, 11) is 0. The Morgan fingerprint density at radius 2 is 2.00 bits per heavy atom. The van der Waals surface area contributed by atoms with Crippen molar-refractivity contribution in [3.63, 3.8) is 0 Å². The third-order valence-electron chi connectivity index (χ3n) is 3.71. The van der Waals surface area contributed by atoms with Crippen molar-refractivity contribution in [2.45, 2.75) is 13.3 Å². The van der Waals surface area contributed by atoms with E-state index < -0.39 is 5.91 Å². The van der Waals surface area contributed by atoms with Crippen molar-refractivity contribution in [3.8, 4) is 11.8 Å². The molecule has 2 rings (SSSR count). The van der Waals surface area contributed by atoms with Gasteiger partial charge in [-0.25, -0.2) is 0 Å². The molecule has 0 aliphatic carbocycles. The van der Waals surface area contributed by atoms with Crippen LogP contribution in [0.1, 0.15) is 22.3 Å². The number of nitriles is 1. The summed E-state index contributed by atoms with van der Waals surface area (Å²) in [5.41, 5.74) is 6.95. The average Bonchev–Trinajstić information content (AvgIpc) is 2.63. The molecule has 7 heteroatoms. The van der Waals surface area contributed by atoms with Crippen LogP contribution in [0, 0.1) is 18.3 Å². The van der Waals surface area contributed by atoms with Crippen LogP contribution in [0.3, 0.4) is 0 Å². The van der Waals surface area contributed by atoms with Crippen molar-refractivity contribution in [1.82, 2.24) is 0 Å². The summed E-state index contributed by atoms with van der Waals surface area (Å²) in [6.45, 7) is 1.76. The third-order valence-corrected chi connectivity index (χ3v) is 4.13. The van der Waals surface area contributed by atoms with E-state index in [0.29, 0.717) is 10.7 Å². The van der Waals surface area contributed by atoms with Crippen molar-refractivity contribution in [2.24, 2.45) is 5.73 Å². The monoisotopic (exact) mass is 371 g/mol. The van der Waals surface area contributed by atoms with Crippen molar-refractivity contribution < 1.29 is 14.3 Å². The van der Waals surface area contributed by atoms with Crippen LogP contribution >= 0.6 is 11.6 Å². The lowest BCUT2D eigenvalue weighted by Crippen LogP contribution is -2.36. The second-order valence-electron chi connectivity index (χ2n) is 5.54. The SMILES string of the molecule is Cc1cc(N(CCC#N)C(=O)COc2ccccc2C(N)=O)ccc1Cl. The summed E-state index contributed by atoms with van der Waals surface area (Å²) in [6, 6.07) is 13.6. The first kappa shape index (κ1) is 19.3. The maximum absolute atomic E-state index is 12.6. The molecule has 0 atom stereocenters. The van der Waals surface area contributed by atoms with Gasteiger partial charge >= 0.3 is 0 Å². The third kappa shape index (κ3) is 4.74. The summed E-state index contributed by atoms with van der Waals surface area (Å²) < 4.78 is 5.50. The molecule has 0 spiro atoms. The van der Waals surface area contributed by atoms with Crippen LogP contribution in [0.15, 0.2) is 42.5 Å². The predicted molar refractivity (Wildman–Crippen MR) is 99.2 cm³/mol. The molecule has 6 nitrogen and oxygen atoms in total. The second-order valence-corrected chi connectivity index (χ2v) is 5.94. The predicted octanol–water partition coefficient (Wildman–Crippen LogP) is 3.07. The number of ether oxygens (including phenoxy) is 1. The molecule has 26 heavy (non-hydrogen) atoms. The number of benzene rings is 2. The maximum atomic E-state index is 12.6. The van der Waals surface area contributed by atoms with Crippen LogP contribution in [0.25, 0.3) is 0 Å². The normalized spacial score (nSPS) is 10.0. The molecule has 0 aromatic heterocycles. The molecule has 2 amide bonds. The summed E-state index contributed by atoms with van der Waals surface area (Å²) in [6.07, 6.45) is 0.172. The number of aryl methyl sites for hydroxylation is 1. The van der Waals surface area contributed by atoms with Gasteiger partial charge in [-0.2, -0.15) is 5.26 Å². The number of hydrogen-bond acceptors (Lipinski definition) is 4. The Bertz CT molecular complexity index is 861. The molecule has 0 saturated heterocycles. The molecule has 0 unspecified atom stereocenters. The van der Waals surface area contributed by atoms with E-state index in [9.17, 15) is 9.59 Å². The zero-order valence-electron chi connectivity index (χ0n) is 14.2. The van der Waals surface area contributed by atoms with Crippen LogP contribution in [0.2, 0.25) is 5.02 Å². The highest BCUT2D eigenvalue weighted by molar-refractivity contribution is 6.31. The molecule has 0 heterocycles. The Morgan fingerprint density at radius 3 is 2.65 bits per heavy atom. The fourth-order valence-corrected chi connectivity index (χ4v) is 2.49. The molecule has 0 aliphatic rings. The second kappa shape index (κ2) is 8.88. The Morgan fingerprint density at radius 1 is 1.27 bits per heavy atom. The maximum Gasteiger partial charge on any atom is 0.264 e. The fourth-order valence-electron chi connectivity index (χ4n) is 2.37. The number of halogens is 1. The number of nitrogens with zero attached hydrogens (tertiary/aromatic N) is 2. The summed E-state index contributed by atoms with van der Waals surface area (Å²) >= 11 is 6.03.